The Balaban J connectivity index is 1.80. The second-order valence-corrected chi connectivity index (χ2v) is 6.42. The summed E-state index contributed by atoms with van der Waals surface area (Å²) >= 11 is 17.1. The molecular formula is C17H14Cl2N4O2S. The van der Waals surface area contributed by atoms with Crippen LogP contribution in [-0.2, 0) is 6.61 Å². The van der Waals surface area contributed by atoms with Gasteiger partial charge in [0.25, 0.3) is 0 Å². The Morgan fingerprint density at radius 2 is 2.08 bits per heavy atom. The van der Waals surface area contributed by atoms with Crippen molar-refractivity contribution in [3.63, 3.8) is 0 Å². The number of H-pyrrole nitrogens is 1. The molecule has 0 bridgehead atoms. The zero-order chi connectivity index (χ0) is 18.5. The number of aromatic amines is 1. The molecule has 9 heteroatoms. The summed E-state index contributed by atoms with van der Waals surface area (Å²) in [6.45, 7) is 0.278. The minimum Gasteiger partial charge on any atom is -0.493 e. The highest BCUT2D eigenvalue weighted by Gasteiger charge is 2.08. The third kappa shape index (κ3) is 4.43. The zero-order valence-corrected chi connectivity index (χ0v) is 16.0. The van der Waals surface area contributed by atoms with Gasteiger partial charge in [0.2, 0.25) is 4.77 Å². The number of aromatic nitrogens is 3. The molecule has 1 aromatic heterocycles. The first kappa shape index (κ1) is 18.4. The van der Waals surface area contributed by atoms with Crippen LogP contribution in [0.5, 0.6) is 11.5 Å². The highest BCUT2D eigenvalue weighted by atomic mass is 35.5. The van der Waals surface area contributed by atoms with E-state index in [0.29, 0.717) is 26.3 Å². The molecule has 134 valence electrons. The van der Waals surface area contributed by atoms with Gasteiger partial charge in [-0.3, -0.25) is 5.10 Å². The number of nitrogens with zero attached hydrogens (tertiary/aromatic N) is 3. The van der Waals surface area contributed by atoms with Crippen molar-refractivity contribution in [1.82, 2.24) is 14.9 Å². The third-order valence-electron chi connectivity index (χ3n) is 3.45. The number of halogens is 2. The average molecular weight is 409 g/mol. The Kier molecular flexibility index (Phi) is 5.92. The molecule has 1 N–H and O–H groups in total. The van der Waals surface area contributed by atoms with Gasteiger partial charge in [0.15, 0.2) is 11.5 Å². The maximum absolute atomic E-state index is 6.18. The van der Waals surface area contributed by atoms with Crippen molar-refractivity contribution >= 4 is 41.6 Å². The maximum atomic E-state index is 6.18. The van der Waals surface area contributed by atoms with Crippen LogP contribution in [0.25, 0.3) is 0 Å². The van der Waals surface area contributed by atoms with E-state index in [0.717, 1.165) is 11.1 Å². The first-order valence-corrected chi connectivity index (χ1v) is 8.64. The fourth-order valence-electron chi connectivity index (χ4n) is 2.13. The van der Waals surface area contributed by atoms with E-state index in [1.165, 1.54) is 11.0 Å². The Morgan fingerprint density at radius 1 is 1.23 bits per heavy atom. The fourth-order valence-corrected chi connectivity index (χ4v) is 2.74. The van der Waals surface area contributed by atoms with E-state index in [9.17, 15) is 0 Å². The highest BCUT2D eigenvalue weighted by Crippen LogP contribution is 2.29. The predicted octanol–water partition coefficient (Wildman–Crippen LogP) is 4.72. The number of hydrogen-bond acceptors (Lipinski definition) is 5. The fraction of sp³-hybridized carbons (Fsp3) is 0.118. The van der Waals surface area contributed by atoms with Crippen molar-refractivity contribution in [2.75, 3.05) is 7.11 Å². The molecule has 2 aromatic carbocycles. The molecule has 0 radical (unpaired) electrons. The number of methoxy groups -OCH3 is 1. The minimum absolute atomic E-state index is 0.278. The molecular weight excluding hydrogens is 395 g/mol. The lowest BCUT2D eigenvalue weighted by molar-refractivity contribution is 0.284. The van der Waals surface area contributed by atoms with Crippen molar-refractivity contribution in [2.45, 2.75) is 6.61 Å². The van der Waals surface area contributed by atoms with E-state index in [2.05, 4.69) is 15.3 Å². The first-order valence-electron chi connectivity index (χ1n) is 7.48. The van der Waals surface area contributed by atoms with E-state index in [4.69, 9.17) is 44.9 Å². The molecule has 0 fully saturated rings. The molecule has 0 saturated carbocycles. The summed E-state index contributed by atoms with van der Waals surface area (Å²) in [6, 6.07) is 10.7. The zero-order valence-electron chi connectivity index (χ0n) is 13.6. The maximum Gasteiger partial charge on any atom is 0.216 e. The number of nitrogens with one attached hydrogen (secondary N) is 1. The van der Waals surface area contributed by atoms with Crippen LogP contribution in [0.1, 0.15) is 11.1 Å². The van der Waals surface area contributed by atoms with Crippen LogP contribution in [0.2, 0.25) is 10.0 Å². The normalized spacial score (nSPS) is 11.0. The number of hydrogen-bond donors (Lipinski definition) is 1. The van der Waals surface area contributed by atoms with Gasteiger partial charge in [-0.1, -0.05) is 29.3 Å². The van der Waals surface area contributed by atoms with Gasteiger partial charge in [0.1, 0.15) is 12.9 Å². The molecule has 0 saturated heterocycles. The Labute approximate surface area is 165 Å². The Hall–Kier alpha value is -2.35. The molecule has 3 rings (SSSR count). The lowest BCUT2D eigenvalue weighted by Gasteiger charge is -2.12. The second kappa shape index (κ2) is 8.35. The molecule has 1 heterocycles. The van der Waals surface area contributed by atoms with Crippen LogP contribution >= 0.6 is 35.4 Å². The van der Waals surface area contributed by atoms with Gasteiger partial charge < -0.3 is 9.47 Å². The molecule has 0 aliphatic carbocycles. The van der Waals surface area contributed by atoms with E-state index >= 15 is 0 Å². The molecule has 0 aliphatic rings. The van der Waals surface area contributed by atoms with E-state index in [1.807, 2.05) is 18.2 Å². The van der Waals surface area contributed by atoms with Crippen LogP contribution in [0.15, 0.2) is 47.8 Å². The van der Waals surface area contributed by atoms with Crippen molar-refractivity contribution < 1.29 is 9.47 Å². The van der Waals surface area contributed by atoms with Crippen LogP contribution < -0.4 is 9.47 Å². The summed E-state index contributed by atoms with van der Waals surface area (Å²) in [5.74, 6) is 1.17. The Morgan fingerprint density at radius 3 is 2.77 bits per heavy atom. The molecule has 6 nitrogen and oxygen atoms in total. The SMILES string of the molecule is COc1ccc(/C=N/n2cn[nH]c2=S)cc1OCc1ccc(Cl)cc1Cl. The van der Waals surface area contributed by atoms with Gasteiger partial charge >= 0.3 is 0 Å². The van der Waals surface area contributed by atoms with Crippen molar-refractivity contribution in [1.29, 1.82) is 0 Å². The summed E-state index contributed by atoms with van der Waals surface area (Å²) in [4.78, 5) is 0. The minimum atomic E-state index is 0.278. The Bertz CT molecular complexity index is 1000. The summed E-state index contributed by atoms with van der Waals surface area (Å²) in [5, 5.41) is 11.8. The standard InChI is InChI=1S/C17H14Cl2N4O2S/c1-24-15-5-2-11(8-21-23-10-20-22-17(23)26)6-16(15)25-9-12-3-4-13(18)7-14(12)19/h2-8,10H,9H2,1H3,(H,22,26)/b21-8+. The third-order valence-corrected chi connectivity index (χ3v) is 4.32. The molecule has 0 unspecified atom stereocenters. The van der Waals surface area contributed by atoms with Crippen LogP contribution in [0.4, 0.5) is 0 Å². The summed E-state index contributed by atoms with van der Waals surface area (Å²) in [6.07, 6.45) is 3.13. The smallest absolute Gasteiger partial charge is 0.216 e. The lowest BCUT2D eigenvalue weighted by atomic mass is 10.2. The van der Waals surface area contributed by atoms with Crippen LogP contribution in [0.3, 0.4) is 0 Å². The van der Waals surface area contributed by atoms with E-state index in [1.54, 1.807) is 31.5 Å². The molecule has 0 atom stereocenters. The monoisotopic (exact) mass is 408 g/mol. The lowest BCUT2D eigenvalue weighted by Crippen LogP contribution is -1.99. The first-order chi connectivity index (χ1) is 12.6. The van der Waals surface area contributed by atoms with Gasteiger partial charge in [-0.2, -0.15) is 14.9 Å². The van der Waals surface area contributed by atoms with Gasteiger partial charge in [-0.15, -0.1) is 0 Å². The van der Waals surface area contributed by atoms with Gasteiger partial charge in [0.05, 0.1) is 13.3 Å². The summed E-state index contributed by atoms with van der Waals surface area (Å²) < 4.78 is 13.1. The molecule has 3 aromatic rings. The van der Waals surface area contributed by atoms with Crippen molar-refractivity contribution in [2.24, 2.45) is 5.10 Å². The largest absolute Gasteiger partial charge is 0.493 e. The summed E-state index contributed by atoms with van der Waals surface area (Å²) in [7, 11) is 1.58. The molecule has 26 heavy (non-hydrogen) atoms. The van der Waals surface area contributed by atoms with Crippen molar-refractivity contribution in [3.8, 4) is 11.5 Å². The molecule has 0 aliphatic heterocycles. The quantitative estimate of drug-likeness (QED) is 0.473. The van der Waals surface area contributed by atoms with Gasteiger partial charge in [-0.25, -0.2) is 0 Å². The highest BCUT2D eigenvalue weighted by molar-refractivity contribution is 7.71. The van der Waals surface area contributed by atoms with E-state index < -0.39 is 0 Å². The predicted molar refractivity (Wildman–Crippen MR) is 104 cm³/mol. The topological polar surface area (TPSA) is 64.4 Å². The number of rotatable bonds is 6. The second-order valence-electron chi connectivity index (χ2n) is 5.19. The van der Waals surface area contributed by atoms with E-state index in [-0.39, 0.29) is 6.61 Å². The van der Waals surface area contributed by atoms with Crippen molar-refractivity contribution in [3.05, 3.63) is 68.7 Å². The molecule has 0 amide bonds. The number of ether oxygens (including phenoxy) is 2. The van der Waals surface area contributed by atoms with Gasteiger partial charge in [-0.05, 0) is 48.1 Å². The summed E-state index contributed by atoms with van der Waals surface area (Å²) in [5.41, 5.74) is 1.63. The number of benzene rings is 2. The van der Waals surface area contributed by atoms with Gasteiger partial charge in [0, 0.05) is 15.6 Å². The van der Waals surface area contributed by atoms with Crippen LogP contribution in [0, 0.1) is 4.77 Å². The average Bonchev–Trinajstić information content (AvgIpc) is 3.04. The van der Waals surface area contributed by atoms with Crippen LogP contribution in [-0.4, -0.2) is 28.2 Å². The molecule has 0 spiro atoms.